The van der Waals surface area contributed by atoms with Gasteiger partial charge < -0.3 is 14.2 Å². The van der Waals surface area contributed by atoms with Crippen molar-refractivity contribution in [1.82, 2.24) is 4.57 Å². The molecule has 0 amide bonds. The molecule has 2 heterocycles. The van der Waals surface area contributed by atoms with Gasteiger partial charge >= 0.3 is 12.1 Å². The van der Waals surface area contributed by atoms with Gasteiger partial charge in [0.25, 0.3) is 5.56 Å². The molecule has 240 valence electrons. The van der Waals surface area contributed by atoms with Gasteiger partial charge in [0.15, 0.2) is 22.0 Å². The number of carbonyl (C=O) groups is 1. The minimum absolute atomic E-state index is 0.0580. The summed E-state index contributed by atoms with van der Waals surface area (Å²) in [6.07, 6.45) is -3.53. The third-order valence-electron chi connectivity index (χ3n) is 6.74. The Balaban J connectivity index is 1.65. The molecular formula is C32H24ClF4IN2O5S. The van der Waals surface area contributed by atoms with E-state index in [0.717, 1.165) is 15.9 Å². The van der Waals surface area contributed by atoms with Gasteiger partial charge in [0.05, 0.1) is 32.9 Å². The van der Waals surface area contributed by atoms with Crippen LogP contribution in [0.4, 0.5) is 17.6 Å². The number of hydrogen-bond acceptors (Lipinski definition) is 7. The Morgan fingerprint density at radius 3 is 2.46 bits per heavy atom. The predicted molar refractivity (Wildman–Crippen MR) is 173 cm³/mol. The number of halogens is 6. The number of hydrogen-bond donors (Lipinski definition) is 0. The van der Waals surface area contributed by atoms with Crippen molar-refractivity contribution in [2.75, 3.05) is 13.2 Å². The number of rotatable bonds is 9. The normalized spacial score (nSPS) is 15.0. The number of benzene rings is 3. The molecule has 5 rings (SSSR count). The zero-order chi connectivity index (χ0) is 33.2. The van der Waals surface area contributed by atoms with Crippen LogP contribution in [0.15, 0.2) is 81.7 Å². The van der Waals surface area contributed by atoms with E-state index in [-0.39, 0.29) is 34.7 Å². The van der Waals surface area contributed by atoms with Crippen LogP contribution in [0.3, 0.4) is 0 Å². The quantitative estimate of drug-likeness (QED) is 0.107. The number of ether oxygens (including phenoxy) is 3. The molecule has 7 nitrogen and oxygen atoms in total. The maximum absolute atomic E-state index is 14.4. The summed E-state index contributed by atoms with van der Waals surface area (Å²) in [5.41, 5.74) is -1.87. The number of nitrogens with zero attached hydrogens (tertiary/aromatic N) is 2. The van der Waals surface area contributed by atoms with Crippen LogP contribution in [0.2, 0.25) is 5.02 Å². The van der Waals surface area contributed by atoms with E-state index < -0.39 is 40.8 Å². The van der Waals surface area contributed by atoms with E-state index in [9.17, 15) is 27.2 Å². The molecule has 0 spiro atoms. The fourth-order valence-electron chi connectivity index (χ4n) is 4.79. The molecule has 14 heteroatoms. The standard InChI is InChI=1S/C32H24ClF4IN2O5S/c1-3-43-23-14-17(13-22(38)27(23)45-16-19-7-5-6-8-21(19)34)15-24-29(41)40-26(18-9-11-20(33)12-10-18)25(30(42)44-4-2)28(32(35,36)37)39-31(40)46-24/h5-15,26H,3-4,16H2,1-2H3/b24-15-/t26-/m0/s1. The smallest absolute Gasteiger partial charge is 0.434 e. The highest BCUT2D eigenvalue weighted by Gasteiger charge is 2.45. The van der Waals surface area contributed by atoms with Gasteiger partial charge in [-0.15, -0.1) is 0 Å². The lowest BCUT2D eigenvalue weighted by Gasteiger charge is -2.26. The summed E-state index contributed by atoms with van der Waals surface area (Å²) >= 11 is 8.80. The lowest BCUT2D eigenvalue weighted by molar-refractivity contribution is -0.140. The van der Waals surface area contributed by atoms with Gasteiger partial charge in [-0.3, -0.25) is 9.36 Å². The van der Waals surface area contributed by atoms with Gasteiger partial charge in [-0.2, -0.15) is 13.2 Å². The molecular weight excluding hydrogens is 763 g/mol. The Hall–Kier alpha value is -3.69. The lowest BCUT2D eigenvalue weighted by Crippen LogP contribution is -2.41. The number of thiazole rings is 1. The Labute approximate surface area is 282 Å². The first-order valence-corrected chi connectivity index (χ1v) is 16.1. The number of aromatic nitrogens is 1. The minimum Gasteiger partial charge on any atom is -0.490 e. The van der Waals surface area contributed by atoms with Gasteiger partial charge in [0.1, 0.15) is 12.4 Å². The van der Waals surface area contributed by atoms with Crippen LogP contribution in [0, 0.1) is 9.39 Å². The molecule has 1 aliphatic rings. The van der Waals surface area contributed by atoms with E-state index in [1.807, 2.05) is 22.6 Å². The molecule has 0 unspecified atom stereocenters. The van der Waals surface area contributed by atoms with E-state index in [1.54, 1.807) is 37.3 Å². The van der Waals surface area contributed by atoms with E-state index >= 15 is 0 Å². The van der Waals surface area contributed by atoms with E-state index in [4.69, 9.17) is 25.8 Å². The summed E-state index contributed by atoms with van der Waals surface area (Å²) < 4.78 is 75.7. The summed E-state index contributed by atoms with van der Waals surface area (Å²) in [6.45, 7) is 3.26. The maximum atomic E-state index is 14.4. The molecule has 0 radical (unpaired) electrons. The van der Waals surface area contributed by atoms with Crippen LogP contribution < -0.4 is 24.4 Å². The molecule has 0 bridgehead atoms. The largest absolute Gasteiger partial charge is 0.490 e. The molecule has 1 aromatic heterocycles. The summed E-state index contributed by atoms with van der Waals surface area (Å²) in [7, 11) is 0. The van der Waals surface area contributed by atoms with Gasteiger partial charge in [0.2, 0.25) is 0 Å². The Morgan fingerprint density at radius 1 is 1.09 bits per heavy atom. The second-order valence-corrected chi connectivity index (χ2v) is 12.4. The van der Waals surface area contributed by atoms with Crippen molar-refractivity contribution in [1.29, 1.82) is 0 Å². The maximum Gasteiger partial charge on any atom is 0.434 e. The van der Waals surface area contributed by atoms with Gasteiger partial charge in [-0.05, 0) is 84.0 Å². The number of carbonyl (C=O) groups excluding carboxylic acids is 1. The van der Waals surface area contributed by atoms with E-state index in [2.05, 4.69) is 4.99 Å². The molecule has 0 saturated carbocycles. The Kier molecular flexibility index (Phi) is 10.2. The SMILES string of the molecule is CCOC(=O)C1=C(C(F)(F)F)N=c2s/c(=C\c3cc(I)c(OCc4ccccc4F)c(OCC)c3)c(=O)n2[C@H]1c1ccc(Cl)cc1. The molecule has 0 N–H and O–H groups in total. The van der Waals surface area contributed by atoms with Crippen molar-refractivity contribution in [3.05, 3.63) is 123 Å². The van der Waals surface area contributed by atoms with Crippen LogP contribution in [0.1, 0.15) is 36.6 Å². The third kappa shape index (κ3) is 7.00. The average molecular weight is 787 g/mol. The predicted octanol–water partition coefficient (Wildman–Crippen LogP) is 6.72. The first-order valence-electron chi connectivity index (χ1n) is 13.8. The fourth-order valence-corrected chi connectivity index (χ4v) is 6.70. The minimum atomic E-state index is -5.02. The number of allylic oxidation sites excluding steroid dienone is 1. The van der Waals surface area contributed by atoms with Gasteiger partial charge in [0, 0.05) is 10.6 Å². The number of fused-ring (bicyclic) bond motifs is 1. The number of esters is 1. The molecule has 4 aromatic rings. The summed E-state index contributed by atoms with van der Waals surface area (Å²) in [4.78, 5) is 30.5. The second kappa shape index (κ2) is 14.0. The van der Waals surface area contributed by atoms with Crippen molar-refractivity contribution >= 4 is 57.6 Å². The van der Waals surface area contributed by atoms with Crippen LogP contribution >= 0.6 is 45.5 Å². The molecule has 0 saturated heterocycles. The highest BCUT2D eigenvalue weighted by molar-refractivity contribution is 14.1. The van der Waals surface area contributed by atoms with Crippen molar-refractivity contribution in [3.63, 3.8) is 0 Å². The zero-order valence-electron chi connectivity index (χ0n) is 24.2. The van der Waals surface area contributed by atoms with E-state index in [0.29, 0.717) is 31.2 Å². The lowest BCUT2D eigenvalue weighted by atomic mass is 9.95. The summed E-state index contributed by atoms with van der Waals surface area (Å²) in [5, 5.41) is 0.315. The molecule has 1 aliphatic heterocycles. The summed E-state index contributed by atoms with van der Waals surface area (Å²) in [6, 6.07) is 13.8. The van der Waals surface area contributed by atoms with Crippen molar-refractivity contribution in [2.45, 2.75) is 32.7 Å². The second-order valence-electron chi connectivity index (χ2n) is 9.76. The van der Waals surface area contributed by atoms with Crippen LogP contribution in [-0.2, 0) is 16.1 Å². The average Bonchev–Trinajstić information content (AvgIpc) is 3.31. The summed E-state index contributed by atoms with van der Waals surface area (Å²) in [5.74, 6) is -0.970. The highest BCUT2D eigenvalue weighted by atomic mass is 127. The first-order chi connectivity index (χ1) is 21.9. The Bertz CT molecular complexity index is 2010. The monoisotopic (exact) mass is 786 g/mol. The van der Waals surface area contributed by atoms with Crippen LogP contribution in [0.25, 0.3) is 6.08 Å². The molecule has 0 fully saturated rings. The zero-order valence-corrected chi connectivity index (χ0v) is 27.9. The molecule has 0 aliphatic carbocycles. The van der Waals surface area contributed by atoms with Gasteiger partial charge in [-0.25, -0.2) is 14.2 Å². The molecule has 1 atom stereocenters. The van der Waals surface area contributed by atoms with Crippen LogP contribution in [0.5, 0.6) is 11.5 Å². The van der Waals surface area contributed by atoms with E-state index in [1.165, 1.54) is 43.3 Å². The highest BCUT2D eigenvalue weighted by Crippen LogP contribution is 2.39. The van der Waals surface area contributed by atoms with Gasteiger partial charge in [-0.1, -0.05) is 53.3 Å². The number of alkyl halides is 3. The third-order valence-corrected chi connectivity index (χ3v) is 8.78. The molecule has 46 heavy (non-hydrogen) atoms. The van der Waals surface area contributed by atoms with Crippen molar-refractivity contribution < 1.29 is 36.6 Å². The fraction of sp³-hybridized carbons (Fsp3) is 0.219. The van der Waals surface area contributed by atoms with Crippen LogP contribution in [-0.4, -0.2) is 29.9 Å². The molecule has 3 aromatic carbocycles. The first kappa shape index (κ1) is 33.7. The van der Waals surface area contributed by atoms with Crippen molar-refractivity contribution in [3.8, 4) is 11.5 Å². The topological polar surface area (TPSA) is 79.1 Å². The van der Waals surface area contributed by atoms with Crippen molar-refractivity contribution in [2.24, 2.45) is 4.99 Å². The Morgan fingerprint density at radius 2 is 1.80 bits per heavy atom.